The molecule has 1 atom stereocenters. The van der Waals surface area contributed by atoms with Crippen LogP contribution in [0.5, 0.6) is 0 Å². The number of piperazine rings is 1. The number of ether oxygens (including phenoxy) is 1. The van der Waals surface area contributed by atoms with Crippen molar-refractivity contribution >= 4 is 34.8 Å². The van der Waals surface area contributed by atoms with Gasteiger partial charge in [0.05, 0.1) is 11.5 Å². The van der Waals surface area contributed by atoms with Gasteiger partial charge in [-0.15, -0.1) is 0 Å². The van der Waals surface area contributed by atoms with Gasteiger partial charge in [0.25, 0.3) is 5.69 Å². The molecule has 0 bridgehead atoms. The SMILES string of the molecule is CCOC(=O)C(CC(=O)N1CCN(c2ccc([N+](=O)[O-])cc2)CC1)C(=O)N(CC)c1ccccc1. The van der Waals surface area contributed by atoms with Gasteiger partial charge in [-0.3, -0.25) is 24.5 Å². The third-order valence-corrected chi connectivity index (χ3v) is 5.96. The van der Waals surface area contributed by atoms with Crippen molar-refractivity contribution in [3.8, 4) is 0 Å². The van der Waals surface area contributed by atoms with Crippen molar-refractivity contribution in [3.05, 3.63) is 64.7 Å². The zero-order chi connectivity index (χ0) is 25.4. The van der Waals surface area contributed by atoms with E-state index in [0.717, 1.165) is 5.69 Å². The lowest BCUT2D eigenvalue weighted by atomic mass is 10.0. The number of benzene rings is 2. The predicted octanol–water partition coefficient (Wildman–Crippen LogP) is 2.87. The number of nitrogens with zero attached hydrogens (tertiary/aromatic N) is 4. The Balaban J connectivity index is 1.66. The second-order valence-electron chi connectivity index (χ2n) is 8.07. The fraction of sp³-hybridized carbons (Fsp3) is 0.400. The third kappa shape index (κ3) is 6.34. The van der Waals surface area contributed by atoms with Crippen molar-refractivity contribution in [1.29, 1.82) is 0 Å². The van der Waals surface area contributed by atoms with Crippen LogP contribution in [-0.4, -0.2) is 66.9 Å². The van der Waals surface area contributed by atoms with E-state index < -0.39 is 22.7 Å². The van der Waals surface area contributed by atoms with Crippen LogP contribution in [0.4, 0.5) is 17.1 Å². The van der Waals surface area contributed by atoms with Gasteiger partial charge in [-0.05, 0) is 38.1 Å². The molecule has 0 aliphatic carbocycles. The summed E-state index contributed by atoms with van der Waals surface area (Å²) in [6.07, 6.45) is -0.265. The summed E-state index contributed by atoms with van der Waals surface area (Å²) in [6, 6.07) is 15.3. The molecule has 1 saturated heterocycles. The minimum atomic E-state index is -1.23. The van der Waals surface area contributed by atoms with Gasteiger partial charge >= 0.3 is 5.97 Å². The number of amides is 2. The van der Waals surface area contributed by atoms with Crippen LogP contribution < -0.4 is 9.80 Å². The van der Waals surface area contributed by atoms with Gasteiger partial charge in [-0.25, -0.2) is 0 Å². The lowest BCUT2D eigenvalue weighted by Gasteiger charge is -2.36. The van der Waals surface area contributed by atoms with E-state index >= 15 is 0 Å². The second kappa shape index (κ2) is 12.0. The number of carbonyl (C=O) groups excluding carboxylic acids is 3. The molecular formula is C25H30N4O6. The fourth-order valence-corrected chi connectivity index (χ4v) is 4.08. The summed E-state index contributed by atoms with van der Waals surface area (Å²) < 4.78 is 5.13. The number of hydrogen-bond donors (Lipinski definition) is 0. The molecule has 0 saturated carbocycles. The monoisotopic (exact) mass is 482 g/mol. The molecule has 0 spiro atoms. The number of nitro benzene ring substituents is 1. The van der Waals surface area contributed by atoms with Crippen LogP contribution in [0, 0.1) is 16.0 Å². The van der Waals surface area contributed by atoms with Gasteiger partial charge in [0.15, 0.2) is 0 Å². The number of carbonyl (C=O) groups is 3. The first-order valence-corrected chi connectivity index (χ1v) is 11.7. The van der Waals surface area contributed by atoms with E-state index in [1.54, 1.807) is 48.2 Å². The number of non-ortho nitro benzene ring substituents is 1. The molecule has 0 radical (unpaired) electrons. The van der Waals surface area contributed by atoms with Gasteiger partial charge in [-0.2, -0.15) is 0 Å². The summed E-state index contributed by atoms with van der Waals surface area (Å²) in [5.41, 5.74) is 1.51. The predicted molar refractivity (Wildman–Crippen MR) is 131 cm³/mol. The van der Waals surface area contributed by atoms with Gasteiger partial charge in [-0.1, -0.05) is 18.2 Å². The van der Waals surface area contributed by atoms with E-state index in [9.17, 15) is 24.5 Å². The van der Waals surface area contributed by atoms with Crippen molar-refractivity contribution in [2.45, 2.75) is 20.3 Å². The Labute approximate surface area is 204 Å². The molecule has 10 nitrogen and oxygen atoms in total. The van der Waals surface area contributed by atoms with Crippen molar-refractivity contribution in [2.24, 2.45) is 5.92 Å². The van der Waals surface area contributed by atoms with Crippen LogP contribution in [0.1, 0.15) is 20.3 Å². The van der Waals surface area contributed by atoms with Crippen molar-refractivity contribution in [3.63, 3.8) is 0 Å². The molecule has 1 aliphatic rings. The van der Waals surface area contributed by atoms with Crippen LogP contribution in [0.15, 0.2) is 54.6 Å². The molecule has 2 aromatic rings. The average Bonchev–Trinajstić information content (AvgIpc) is 2.88. The molecule has 1 fully saturated rings. The first-order valence-electron chi connectivity index (χ1n) is 11.7. The normalized spacial score (nSPS) is 14.2. The fourth-order valence-electron chi connectivity index (χ4n) is 4.08. The van der Waals surface area contributed by atoms with Crippen LogP contribution >= 0.6 is 0 Å². The van der Waals surface area contributed by atoms with Gasteiger partial charge in [0.1, 0.15) is 5.92 Å². The molecule has 35 heavy (non-hydrogen) atoms. The topological polar surface area (TPSA) is 113 Å². The van der Waals surface area contributed by atoms with Crippen molar-refractivity contribution in [1.82, 2.24) is 4.90 Å². The number of hydrogen-bond acceptors (Lipinski definition) is 7. The standard InChI is InChI=1S/C25H30N4O6/c1-3-28(20-8-6-5-7-9-20)24(31)22(25(32)35-4-2)18-23(30)27-16-14-26(15-17-27)19-10-12-21(13-11-19)29(33)34/h5-13,22H,3-4,14-18H2,1-2H3. The summed E-state index contributed by atoms with van der Waals surface area (Å²) in [6.45, 7) is 5.83. The highest BCUT2D eigenvalue weighted by Crippen LogP contribution is 2.23. The number of anilines is 2. The maximum atomic E-state index is 13.3. The highest BCUT2D eigenvalue weighted by Gasteiger charge is 2.36. The molecule has 10 heteroatoms. The molecule has 2 amide bonds. The Morgan fingerprint density at radius 2 is 1.63 bits per heavy atom. The third-order valence-electron chi connectivity index (χ3n) is 5.96. The first kappa shape index (κ1) is 25.7. The first-order chi connectivity index (χ1) is 16.8. The zero-order valence-electron chi connectivity index (χ0n) is 20.0. The maximum absolute atomic E-state index is 13.3. The van der Waals surface area contributed by atoms with Crippen LogP contribution in [0.25, 0.3) is 0 Å². The van der Waals surface area contributed by atoms with Crippen LogP contribution in [-0.2, 0) is 19.1 Å². The minimum absolute atomic E-state index is 0.0221. The number of para-hydroxylation sites is 1. The van der Waals surface area contributed by atoms with Crippen LogP contribution in [0.2, 0.25) is 0 Å². The molecule has 3 rings (SSSR count). The summed E-state index contributed by atoms with van der Waals surface area (Å²) >= 11 is 0. The van der Waals surface area contributed by atoms with Crippen molar-refractivity contribution in [2.75, 3.05) is 49.1 Å². The van der Waals surface area contributed by atoms with Crippen molar-refractivity contribution < 1.29 is 24.0 Å². The lowest BCUT2D eigenvalue weighted by molar-refractivity contribution is -0.384. The van der Waals surface area contributed by atoms with Gasteiger partial charge in [0.2, 0.25) is 11.8 Å². The Morgan fingerprint density at radius 1 is 1.00 bits per heavy atom. The molecule has 1 unspecified atom stereocenters. The van der Waals surface area contributed by atoms with Gasteiger partial charge in [0, 0.05) is 62.7 Å². The van der Waals surface area contributed by atoms with E-state index in [4.69, 9.17) is 4.74 Å². The average molecular weight is 483 g/mol. The summed E-state index contributed by atoms with van der Waals surface area (Å²) in [5.74, 6) is -2.68. The largest absolute Gasteiger partial charge is 0.465 e. The number of nitro groups is 1. The summed E-state index contributed by atoms with van der Waals surface area (Å²) in [5, 5.41) is 10.9. The summed E-state index contributed by atoms with van der Waals surface area (Å²) in [7, 11) is 0. The van der Waals surface area contributed by atoms with E-state index in [-0.39, 0.29) is 24.6 Å². The number of esters is 1. The molecule has 1 aliphatic heterocycles. The Morgan fingerprint density at radius 3 is 2.17 bits per heavy atom. The zero-order valence-corrected chi connectivity index (χ0v) is 20.0. The van der Waals surface area contributed by atoms with Gasteiger partial charge < -0.3 is 19.4 Å². The second-order valence-corrected chi connectivity index (χ2v) is 8.07. The Hall–Kier alpha value is -3.95. The number of rotatable bonds is 9. The van der Waals surface area contributed by atoms with E-state index in [1.165, 1.54) is 17.0 Å². The molecular weight excluding hydrogens is 452 g/mol. The minimum Gasteiger partial charge on any atom is -0.465 e. The highest BCUT2D eigenvalue weighted by atomic mass is 16.6. The maximum Gasteiger partial charge on any atom is 0.319 e. The van der Waals surface area contributed by atoms with E-state index in [0.29, 0.717) is 38.4 Å². The quantitative estimate of drug-likeness (QED) is 0.234. The molecule has 0 N–H and O–H groups in total. The van der Waals surface area contributed by atoms with Crippen LogP contribution in [0.3, 0.4) is 0 Å². The highest BCUT2D eigenvalue weighted by molar-refractivity contribution is 6.08. The molecule has 0 aromatic heterocycles. The molecule has 1 heterocycles. The molecule has 2 aromatic carbocycles. The molecule has 186 valence electrons. The van der Waals surface area contributed by atoms with E-state index in [2.05, 4.69) is 0 Å². The Bertz CT molecular complexity index is 1040. The smallest absolute Gasteiger partial charge is 0.319 e. The summed E-state index contributed by atoms with van der Waals surface area (Å²) in [4.78, 5) is 54.7. The Kier molecular flexibility index (Phi) is 8.77. The lowest BCUT2D eigenvalue weighted by Crippen LogP contribution is -2.50. The van der Waals surface area contributed by atoms with E-state index in [1.807, 2.05) is 17.9 Å².